The summed E-state index contributed by atoms with van der Waals surface area (Å²) in [5.74, 6) is 0.586. The average molecular weight is 372 g/mol. The second-order valence-electron chi connectivity index (χ2n) is 7.57. The van der Waals surface area contributed by atoms with Crippen molar-refractivity contribution in [3.05, 3.63) is 64.3 Å². The predicted octanol–water partition coefficient (Wildman–Crippen LogP) is 4.27. The zero-order chi connectivity index (χ0) is 19.9. The molecule has 0 radical (unpaired) electrons. The summed E-state index contributed by atoms with van der Waals surface area (Å²) in [6.07, 6.45) is 1.98. The Hall–Kier alpha value is -3.39. The molecule has 1 aliphatic rings. The number of nitrogens with zero attached hydrogens (tertiary/aromatic N) is 1. The maximum absolute atomic E-state index is 13.4. The van der Waals surface area contributed by atoms with Crippen LogP contribution in [0.15, 0.2) is 36.4 Å². The fraction of sp³-hybridized carbons (Fsp3) is 0.261. The van der Waals surface area contributed by atoms with Crippen molar-refractivity contribution in [1.82, 2.24) is 4.98 Å². The minimum atomic E-state index is -0.388. The number of carbonyl (C=O) groups is 2. The number of aromatic amines is 1. The third-order valence-electron chi connectivity index (χ3n) is 5.42. The van der Waals surface area contributed by atoms with E-state index in [-0.39, 0.29) is 11.2 Å². The van der Waals surface area contributed by atoms with Crippen LogP contribution in [-0.2, 0) is 10.2 Å². The van der Waals surface area contributed by atoms with Crippen molar-refractivity contribution in [2.24, 2.45) is 0 Å². The van der Waals surface area contributed by atoms with Gasteiger partial charge in [-0.3, -0.25) is 4.79 Å². The molecule has 0 fully saturated rings. The van der Waals surface area contributed by atoms with E-state index in [0.717, 1.165) is 28.4 Å². The molecule has 0 amide bonds. The van der Waals surface area contributed by atoms with E-state index >= 15 is 0 Å². The van der Waals surface area contributed by atoms with Gasteiger partial charge in [0, 0.05) is 34.0 Å². The molecular weight excluding hydrogens is 352 g/mol. The Balaban J connectivity index is 1.80. The van der Waals surface area contributed by atoms with Gasteiger partial charge in [0.25, 0.3) is 0 Å². The van der Waals surface area contributed by atoms with Gasteiger partial charge in [0.15, 0.2) is 5.78 Å². The number of ketones is 1. The molecule has 1 aliphatic carbocycles. The minimum absolute atomic E-state index is 0.0429. The summed E-state index contributed by atoms with van der Waals surface area (Å²) in [5.41, 5.74) is 4.07. The van der Waals surface area contributed by atoms with Crippen LogP contribution in [0.5, 0.6) is 5.75 Å². The Kier molecular flexibility index (Phi) is 4.27. The van der Waals surface area contributed by atoms with Gasteiger partial charge in [-0.15, -0.1) is 0 Å². The molecule has 0 spiro atoms. The maximum atomic E-state index is 13.4. The SMILES string of the molecule is CC1(C)c2ccc(OCCCC=O)cc2C(=O)c2c1[nH]c1cc(C#N)ccc21. The van der Waals surface area contributed by atoms with E-state index in [9.17, 15) is 9.59 Å². The van der Waals surface area contributed by atoms with Gasteiger partial charge in [0.05, 0.1) is 23.8 Å². The minimum Gasteiger partial charge on any atom is -0.494 e. The zero-order valence-electron chi connectivity index (χ0n) is 15.8. The second-order valence-corrected chi connectivity index (χ2v) is 7.57. The molecule has 2 aromatic carbocycles. The van der Waals surface area contributed by atoms with Crippen molar-refractivity contribution in [1.29, 1.82) is 5.26 Å². The quantitative estimate of drug-likeness (QED) is 0.536. The largest absolute Gasteiger partial charge is 0.494 e. The molecule has 140 valence electrons. The van der Waals surface area contributed by atoms with Gasteiger partial charge in [0.1, 0.15) is 12.0 Å². The number of unbranched alkanes of at least 4 members (excludes halogenated alkanes) is 1. The van der Waals surface area contributed by atoms with Crippen LogP contribution in [0.25, 0.3) is 10.9 Å². The van der Waals surface area contributed by atoms with Crippen LogP contribution in [0, 0.1) is 11.3 Å². The highest BCUT2D eigenvalue weighted by Gasteiger charge is 2.39. The molecule has 0 unspecified atom stereocenters. The first-order chi connectivity index (χ1) is 13.5. The number of aldehydes is 1. The highest BCUT2D eigenvalue weighted by molar-refractivity contribution is 6.20. The van der Waals surface area contributed by atoms with E-state index < -0.39 is 0 Å². The summed E-state index contributed by atoms with van der Waals surface area (Å²) in [4.78, 5) is 27.2. The van der Waals surface area contributed by atoms with E-state index in [1.165, 1.54) is 0 Å². The number of nitrogens with one attached hydrogen (secondary N) is 1. The lowest BCUT2D eigenvalue weighted by atomic mass is 9.71. The predicted molar refractivity (Wildman–Crippen MR) is 106 cm³/mol. The highest BCUT2D eigenvalue weighted by atomic mass is 16.5. The molecule has 0 bridgehead atoms. The van der Waals surface area contributed by atoms with Crippen molar-refractivity contribution in [3.8, 4) is 11.8 Å². The molecule has 1 N–H and O–H groups in total. The van der Waals surface area contributed by atoms with Crippen LogP contribution in [0.1, 0.15) is 59.4 Å². The van der Waals surface area contributed by atoms with Crippen LogP contribution >= 0.6 is 0 Å². The van der Waals surface area contributed by atoms with Crippen molar-refractivity contribution < 1.29 is 14.3 Å². The standard InChI is InChI=1S/C23H20N2O3/c1-23(2)18-8-6-15(28-10-4-3-9-26)12-17(18)21(27)20-16-7-5-14(13-24)11-19(16)25-22(20)23/h5-9,11-12,25H,3-4,10H2,1-2H3. The van der Waals surface area contributed by atoms with Gasteiger partial charge in [-0.1, -0.05) is 26.0 Å². The van der Waals surface area contributed by atoms with Crippen molar-refractivity contribution in [2.75, 3.05) is 6.61 Å². The molecule has 0 saturated carbocycles. The third kappa shape index (κ3) is 2.69. The first kappa shape index (κ1) is 18.0. The molecule has 28 heavy (non-hydrogen) atoms. The lowest BCUT2D eigenvalue weighted by molar-refractivity contribution is -0.108. The Morgan fingerprint density at radius 2 is 2.04 bits per heavy atom. The maximum Gasteiger partial charge on any atom is 0.195 e. The van der Waals surface area contributed by atoms with E-state index in [1.54, 1.807) is 18.2 Å². The van der Waals surface area contributed by atoms with E-state index in [2.05, 4.69) is 24.9 Å². The van der Waals surface area contributed by atoms with Gasteiger partial charge in [-0.25, -0.2) is 0 Å². The number of fused-ring (bicyclic) bond motifs is 4. The molecule has 5 heteroatoms. The number of aromatic nitrogens is 1. The van der Waals surface area contributed by atoms with Crippen LogP contribution in [0.4, 0.5) is 0 Å². The molecule has 0 saturated heterocycles. The van der Waals surface area contributed by atoms with Gasteiger partial charge < -0.3 is 14.5 Å². The lowest BCUT2D eigenvalue weighted by Gasteiger charge is -2.32. The van der Waals surface area contributed by atoms with Crippen LogP contribution in [-0.4, -0.2) is 23.7 Å². The Bertz CT molecular complexity index is 1150. The fourth-order valence-electron chi connectivity index (χ4n) is 3.94. The van der Waals surface area contributed by atoms with Gasteiger partial charge in [-0.2, -0.15) is 5.26 Å². The number of H-pyrrole nitrogens is 1. The summed E-state index contributed by atoms with van der Waals surface area (Å²) >= 11 is 0. The Labute approximate surface area is 162 Å². The van der Waals surface area contributed by atoms with E-state index in [4.69, 9.17) is 10.00 Å². The second kappa shape index (κ2) is 6.65. The van der Waals surface area contributed by atoms with Crippen LogP contribution in [0.2, 0.25) is 0 Å². The molecular formula is C23H20N2O3. The Morgan fingerprint density at radius 3 is 2.79 bits per heavy atom. The molecule has 5 nitrogen and oxygen atoms in total. The fourth-order valence-corrected chi connectivity index (χ4v) is 3.94. The van der Waals surface area contributed by atoms with Crippen molar-refractivity contribution >= 4 is 23.0 Å². The highest BCUT2D eigenvalue weighted by Crippen LogP contribution is 2.44. The lowest BCUT2D eigenvalue weighted by Crippen LogP contribution is -2.30. The summed E-state index contributed by atoms with van der Waals surface area (Å²) in [7, 11) is 0. The average Bonchev–Trinajstić information content (AvgIpc) is 3.09. The topological polar surface area (TPSA) is 83.0 Å². The van der Waals surface area contributed by atoms with Gasteiger partial charge in [0.2, 0.25) is 0 Å². The molecule has 1 heterocycles. The monoisotopic (exact) mass is 372 g/mol. The summed E-state index contributed by atoms with van der Waals surface area (Å²) < 4.78 is 5.72. The third-order valence-corrected chi connectivity index (χ3v) is 5.42. The Morgan fingerprint density at radius 1 is 1.21 bits per heavy atom. The number of rotatable bonds is 5. The first-order valence-corrected chi connectivity index (χ1v) is 9.29. The van der Waals surface area contributed by atoms with E-state index in [1.807, 2.05) is 18.2 Å². The number of hydrogen-bond donors (Lipinski definition) is 1. The zero-order valence-corrected chi connectivity index (χ0v) is 15.8. The van der Waals surface area contributed by atoms with Gasteiger partial charge in [-0.05, 0) is 36.2 Å². The summed E-state index contributed by atoms with van der Waals surface area (Å²) in [6, 6.07) is 13.1. The van der Waals surface area contributed by atoms with Crippen molar-refractivity contribution in [3.63, 3.8) is 0 Å². The van der Waals surface area contributed by atoms with Crippen LogP contribution in [0.3, 0.4) is 0 Å². The molecule has 3 aromatic rings. The van der Waals surface area contributed by atoms with Gasteiger partial charge >= 0.3 is 0 Å². The number of nitriles is 1. The summed E-state index contributed by atoms with van der Waals surface area (Å²) in [5, 5.41) is 10.00. The first-order valence-electron chi connectivity index (χ1n) is 9.29. The molecule has 0 atom stereocenters. The normalized spacial score (nSPS) is 14.2. The van der Waals surface area contributed by atoms with E-state index in [0.29, 0.717) is 41.9 Å². The number of carbonyl (C=O) groups excluding carboxylic acids is 2. The van der Waals surface area contributed by atoms with Crippen molar-refractivity contribution in [2.45, 2.75) is 32.1 Å². The molecule has 0 aliphatic heterocycles. The smallest absolute Gasteiger partial charge is 0.195 e. The number of hydrogen-bond acceptors (Lipinski definition) is 4. The van der Waals surface area contributed by atoms with Crippen LogP contribution < -0.4 is 4.74 Å². The number of benzene rings is 2. The summed E-state index contributed by atoms with van der Waals surface area (Å²) in [6.45, 7) is 4.61. The molecule has 1 aromatic heterocycles. The molecule has 4 rings (SSSR count). The number of ether oxygens (including phenoxy) is 1.